The highest BCUT2D eigenvalue weighted by atomic mass is 35.5. The van der Waals surface area contributed by atoms with Crippen LogP contribution in [-0.2, 0) is 22.4 Å². The molecule has 0 aliphatic rings. The first-order valence-corrected chi connectivity index (χ1v) is 12.6. The minimum atomic E-state index is -4.82. The molecule has 0 radical (unpaired) electrons. The summed E-state index contributed by atoms with van der Waals surface area (Å²) in [4.78, 5) is 10.5. The zero-order valence-corrected chi connectivity index (χ0v) is 21.8. The van der Waals surface area contributed by atoms with E-state index in [9.17, 15) is 36.6 Å². The van der Waals surface area contributed by atoms with Crippen LogP contribution >= 0.6 is 24.0 Å². The van der Waals surface area contributed by atoms with Gasteiger partial charge in [-0.15, -0.1) is 12.4 Å². The number of alkyl halides is 3. The third-order valence-corrected chi connectivity index (χ3v) is 7.56. The van der Waals surface area contributed by atoms with E-state index in [0.717, 1.165) is 5.56 Å². The van der Waals surface area contributed by atoms with Crippen molar-refractivity contribution in [2.45, 2.75) is 41.5 Å². The summed E-state index contributed by atoms with van der Waals surface area (Å²) in [6.07, 6.45) is -5.10. The minimum Gasteiger partial charge on any atom is -0.478 e. The fraction of sp³-hybridized carbons (Fsp3) is 0.240. The zero-order valence-electron chi connectivity index (χ0n) is 19.4. The number of benzene rings is 3. The molecule has 6 nitrogen and oxygen atoms in total. The van der Waals surface area contributed by atoms with E-state index in [4.69, 9.17) is 11.6 Å². The largest absolute Gasteiger partial charge is 0.478 e. The maximum absolute atomic E-state index is 13.0. The molecule has 0 spiro atoms. The standard InChI is InChI=1S/C25H23ClF3NO5S.ClH/c1-15(30-14-22(31)17-3-2-4-19(26)12-17)11-16-5-8-20(9-6-16)36(34,35)23-10-7-18(25(27,28)29)13-21(23)24(32)33;/h2-10,12-13,15,22,30-31H,11,14H2,1H3,(H,32,33);1H/t15-,22+;/m1./s1. The SMILES string of the molecule is C[C@H](Cc1ccc(S(=O)(=O)c2ccc(C(F)(F)F)cc2C(=O)O)cc1)NC[C@H](O)c1cccc(Cl)c1.Cl. The highest BCUT2D eigenvalue weighted by Gasteiger charge is 2.34. The molecule has 0 aromatic heterocycles. The molecular weight excluding hydrogens is 554 g/mol. The average molecular weight is 578 g/mol. The van der Waals surface area contributed by atoms with Crippen LogP contribution in [0.2, 0.25) is 5.02 Å². The van der Waals surface area contributed by atoms with Crippen LogP contribution in [0.5, 0.6) is 0 Å². The van der Waals surface area contributed by atoms with E-state index in [1.165, 1.54) is 12.1 Å². The van der Waals surface area contributed by atoms with Crippen molar-refractivity contribution in [3.05, 3.63) is 94.0 Å². The van der Waals surface area contributed by atoms with E-state index >= 15 is 0 Å². The number of aromatic carboxylic acids is 1. The Morgan fingerprint density at radius 2 is 1.70 bits per heavy atom. The first-order chi connectivity index (χ1) is 16.8. The number of aliphatic hydroxyl groups is 1. The van der Waals surface area contributed by atoms with Crippen molar-refractivity contribution in [3.63, 3.8) is 0 Å². The molecule has 0 aliphatic heterocycles. The highest BCUT2D eigenvalue weighted by molar-refractivity contribution is 7.91. The third-order valence-electron chi connectivity index (χ3n) is 5.50. The van der Waals surface area contributed by atoms with Gasteiger partial charge in [0.1, 0.15) is 0 Å². The topological polar surface area (TPSA) is 104 Å². The Hall–Kier alpha value is -2.63. The van der Waals surface area contributed by atoms with Gasteiger partial charge >= 0.3 is 12.1 Å². The van der Waals surface area contributed by atoms with Crippen molar-refractivity contribution >= 4 is 39.8 Å². The number of aliphatic hydroxyl groups excluding tert-OH is 1. The second-order valence-electron chi connectivity index (χ2n) is 8.25. The predicted octanol–water partition coefficient (Wildman–Crippen LogP) is 5.57. The average Bonchev–Trinajstić information content (AvgIpc) is 2.82. The maximum atomic E-state index is 13.0. The van der Waals surface area contributed by atoms with Gasteiger partial charge in [-0.05, 0) is 66.9 Å². The van der Waals surface area contributed by atoms with Crippen molar-refractivity contribution in [2.24, 2.45) is 0 Å². The molecule has 0 saturated heterocycles. The molecule has 0 bridgehead atoms. The normalized spacial score (nSPS) is 13.5. The van der Waals surface area contributed by atoms with E-state index in [1.807, 2.05) is 6.92 Å². The van der Waals surface area contributed by atoms with Gasteiger partial charge in [0.2, 0.25) is 9.84 Å². The third kappa shape index (κ3) is 7.68. The van der Waals surface area contributed by atoms with E-state index < -0.39 is 44.1 Å². The summed E-state index contributed by atoms with van der Waals surface area (Å²) < 4.78 is 64.9. The monoisotopic (exact) mass is 577 g/mol. The number of nitrogens with one attached hydrogen (secondary N) is 1. The minimum absolute atomic E-state index is 0. The van der Waals surface area contributed by atoms with E-state index in [2.05, 4.69) is 5.32 Å². The lowest BCUT2D eigenvalue weighted by Crippen LogP contribution is -2.32. The molecule has 37 heavy (non-hydrogen) atoms. The molecule has 12 heteroatoms. The number of carboxylic acids is 1. The Balaban J connectivity index is 0.00000481. The predicted molar refractivity (Wildman–Crippen MR) is 135 cm³/mol. The Kier molecular flexibility index (Phi) is 10.2. The smallest absolute Gasteiger partial charge is 0.416 e. The first-order valence-electron chi connectivity index (χ1n) is 10.7. The van der Waals surface area contributed by atoms with Gasteiger partial charge in [-0.1, -0.05) is 35.9 Å². The highest BCUT2D eigenvalue weighted by Crippen LogP contribution is 2.33. The van der Waals surface area contributed by atoms with Crippen molar-refractivity contribution in [1.82, 2.24) is 5.32 Å². The summed E-state index contributed by atoms with van der Waals surface area (Å²) in [6, 6.07) is 13.9. The maximum Gasteiger partial charge on any atom is 0.416 e. The van der Waals surface area contributed by atoms with Crippen LogP contribution in [0, 0.1) is 0 Å². The fourth-order valence-electron chi connectivity index (χ4n) is 3.61. The van der Waals surface area contributed by atoms with Gasteiger partial charge in [0.25, 0.3) is 0 Å². The van der Waals surface area contributed by atoms with Crippen LogP contribution < -0.4 is 5.32 Å². The number of carboxylic acid groups (broad SMARTS) is 1. The summed E-state index contributed by atoms with van der Waals surface area (Å²) in [5, 5.41) is 23.4. The molecule has 3 aromatic carbocycles. The Labute approximate surface area is 223 Å². The van der Waals surface area contributed by atoms with Crippen molar-refractivity contribution in [1.29, 1.82) is 0 Å². The molecule has 0 unspecified atom stereocenters. The summed E-state index contributed by atoms with van der Waals surface area (Å²) >= 11 is 5.94. The fourth-order valence-corrected chi connectivity index (χ4v) is 5.24. The molecule has 0 amide bonds. The van der Waals surface area contributed by atoms with E-state index in [0.29, 0.717) is 35.2 Å². The molecule has 3 N–H and O–H groups in total. The van der Waals surface area contributed by atoms with Crippen LogP contribution in [0.3, 0.4) is 0 Å². The molecule has 0 aliphatic carbocycles. The van der Waals surface area contributed by atoms with Crippen LogP contribution in [0.1, 0.15) is 40.1 Å². The quantitative estimate of drug-likeness (QED) is 0.307. The second-order valence-corrected chi connectivity index (χ2v) is 10.6. The summed E-state index contributed by atoms with van der Waals surface area (Å²) in [6.45, 7) is 2.15. The Morgan fingerprint density at radius 3 is 2.27 bits per heavy atom. The molecule has 0 heterocycles. The van der Waals surface area contributed by atoms with Gasteiger partial charge in [0.15, 0.2) is 0 Å². The van der Waals surface area contributed by atoms with Crippen LogP contribution in [0.4, 0.5) is 13.2 Å². The number of hydrogen-bond donors (Lipinski definition) is 3. The number of sulfone groups is 1. The lowest BCUT2D eigenvalue weighted by molar-refractivity contribution is -0.137. The molecule has 0 fully saturated rings. The zero-order chi connectivity index (χ0) is 26.7. The summed E-state index contributed by atoms with van der Waals surface area (Å²) in [5.74, 6) is -1.78. The Bertz CT molecular complexity index is 1350. The van der Waals surface area contributed by atoms with Gasteiger partial charge in [0, 0.05) is 17.6 Å². The van der Waals surface area contributed by atoms with Gasteiger partial charge in [-0.25, -0.2) is 13.2 Å². The number of halogens is 5. The number of hydrogen-bond acceptors (Lipinski definition) is 5. The van der Waals surface area contributed by atoms with Gasteiger partial charge in [-0.3, -0.25) is 0 Å². The van der Waals surface area contributed by atoms with Crippen LogP contribution in [0.25, 0.3) is 0 Å². The molecule has 3 aromatic rings. The molecule has 0 saturated carbocycles. The summed E-state index contributed by atoms with van der Waals surface area (Å²) in [7, 11) is -4.39. The molecular formula is C25H24Cl2F3NO5S. The van der Waals surface area contributed by atoms with Gasteiger partial charge in [-0.2, -0.15) is 13.2 Å². The molecule has 3 rings (SSSR count). The summed E-state index contributed by atoms with van der Waals surface area (Å²) in [5.41, 5.74) is -0.779. The van der Waals surface area contributed by atoms with Crippen molar-refractivity contribution in [3.8, 4) is 0 Å². The van der Waals surface area contributed by atoms with Crippen LogP contribution in [-0.4, -0.2) is 37.2 Å². The lowest BCUT2D eigenvalue weighted by Gasteiger charge is -2.18. The lowest BCUT2D eigenvalue weighted by atomic mass is 10.1. The number of carbonyl (C=O) groups is 1. The van der Waals surface area contributed by atoms with Gasteiger partial charge < -0.3 is 15.5 Å². The van der Waals surface area contributed by atoms with E-state index in [1.54, 1.807) is 36.4 Å². The van der Waals surface area contributed by atoms with Crippen molar-refractivity contribution < 1.29 is 36.6 Å². The molecule has 2 atom stereocenters. The first kappa shape index (κ1) is 30.6. The molecule has 200 valence electrons. The van der Waals surface area contributed by atoms with Crippen molar-refractivity contribution in [2.75, 3.05) is 6.54 Å². The van der Waals surface area contributed by atoms with E-state index in [-0.39, 0.29) is 29.9 Å². The Morgan fingerprint density at radius 1 is 1.05 bits per heavy atom. The van der Waals surface area contributed by atoms with Gasteiger partial charge in [0.05, 0.1) is 27.0 Å². The van der Waals surface area contributed by atoms with Crippen LogP contribution in [0.15, 0.2) is 76.5 Å². The second kappa shape index (κ2) is 12.3. The number of rotatable bonds is 9.